The van der Waals surface area contributed by atoms with Crippen LogP contribution in [-0.4, -0.2) is 24.5 Å². The standard InChI is InChI=1S/C21H22N2O2S/c1-15-4-3-5-17(12-15)21-23-18(14-26-21)13-20(24)22-11-10-16-6-8-19(25-2)9-7-16/h3-9,12,14H,10-11,13H2,1-2H3,(H,22,24). The van der Waals surface area contributed by atoms with Gasteiger partial charge in [-0.2, -0.15) is 0 Å². The van der Waals surface area contributed by atoms with Crippen molar-refractivity contribution in [1.29, 1.82) is 0 Å². The maximum atomic E-state index is 12.1. The molecule has 1 aromatic heterocycles. The van der Waals surface area contributed by atoms with Crippen molar-refractivity contribution in [3.63, 3.8) is 0 Å². The lowest BCUT2D eigenvalue weighted by Gasteiger charge is -2.05. The topological polar surface area (TPSA) is 51.2 Å². The minimum Gasteiger partial charge on any atom is -0.497 e. The van der Waals surface area contributed by atoms with Gasteiger partial charge in [0.25, 0.3) is 0 Å². The normalized spacial score (nSPS) is 10.5. The molecule has 0 radical (unpaired) electrons. The van der Waals surface area contributed by atoms with Crippen molar-refractivity contribution in [1.82, 2.24) is 10.3 Å². The number of nitrogens with one attached hydrogen (secondary N) is 1. The molecule has 0 unspecified atom stereocenters. The second-order valence-electron chi connectivity index (χ2n) is 6.14. The number of amides is 1. The molecule has 3 rings (SSSR count). The molecule has 0 saturated heterocycles. The molecule has 0 atom stereocenters. The minimum atomic E-state index is -0.000367. The number of carbonyl (C=O) groups is 1. The van der Waals surface area contributed by atoms with Gasteiger partial charge in [0.2, 0.25) is 5.91 Å². The average Bonchev–Trinajstić information content (AvgIpc) is 3.11. The molecule has 1 heterocycles. The predicted octanol–water partition coefficient (Wildman–Crippen LogP) is 4.03. The lowest BCUT2D eigenvalue weighted by Crippen LogP contribution is -2.27. The van der Waals surface area contributed by atoms with Gasteiger partial charge in [-0.1, -0.05) is 35.9 Å². The first kappa shape index (κ1) is 18.1. The van der Waals surface area contributed by atoms with Crippen LogP contribution in [0.25, 0.3) is 10.6 Å². The van der Waals surface area contributed by atoms with Crippen molar-refractivity contribution in [3.8, 4) is 16.3 Å². The summed E-state index contributed by atoms with van der Waals surface area (Å²) in [5.74, 6) is 0.838. The van der Waals surface area contributed by atoms with E-state index in [9.17, 15) is 4.79 Å². The van der Waals surface area contributed by atoms with E-state index in [2.05, 4.69) is 29.4 Å². The number of hydrogen-bond acceptors (Lipinski definition) is 4. The van der Waals surface area contributed by atoms with Crippen LogP contribution in [0.2, 0.25) is 0 Å². The molecule has 2 aromatic carbocycles. The first-order valence-corrected chi connectivity index (χ1v) is 9.43. The molecule has 0 aliphatic carbocycles. The van der Waals surface area contributed by atoms with Crippen LogP contribution in [0.15, 0.2) is 53.9 Å². The van der Waals surface area contributed by atoms with Gasteiger partial charge in [-0.15, -0.1) is 11.3 Å². The Kier molecular flexibility index (Phi) is 6.02. The lowest BCUT2D eigenvalue weighted by atomic mass is 10.1. The SMILES string of the molecule is COc1ccc(CCNC(=O)Cc2csc(-c3cccc(C)c3)n2)cc1. The van der Waals surface area contributed by atoms with Crippen molar-refractivity contribution >= 4 is 17.2 Å². The van der Waals surface area contributed by atoms with Gasteiger partial charge in [0, 0.05) is 17.5 Å². The van der Waals surface area contributed by atoms with Crippen LogP contribution < -0.4 is 10.1 Å². The molecule has 1 amide bonds. The Balaban J connectivity index is 1.49. The summed E-state index contributed by atoms with van der Waals surface area (Å²) < 4.78 is 5.14. The third-order valence-electron chi connectivity index (χ3n) is 4.05. The van der Waals surface area contributed by atoms with Crippen molar-refractivity contribution in [2.45, 2.75) is 19.8 Å². The summed E-state index contributed by atoms with van der Waals surface area (Å²) in [6.45, 7) is 2.67. The molecule has 4 nitrogen and oxygen atoms in total. The number of hydrogen-bond donors (Lipinski definition) is 1. The molecule has 0 aliphatic rings. The summed E-state index contributed by atoms with van der Waals surface area (Å²) in [6, 6.07) is 16.1. The maximum absolute atomic E-state index is 12.1. The fourth-order valence-electron chi connectivity index (χ4n) is 2.66. The van der Waals surface area contributed by atoms with E-state index < -0.39 is 0 Å². The van der Waals surface area contributed by atoms with Crippen molar-refractivity contribution < 1.29 is 9.53 Å². The zero-order chi connectivity index (χ0) is 18.4. The first-order valence-electron chi connectivity index (χ1n) is 8.55. The highest BCUT2D eigenvalue weighted by Crippen LogP contribution is 2.24. The Morgan fingerprint density at radius 2 is 2.00 bits per heavy atom. The highest BCUT2D eigenvalue weighted by Gasteiger charge is 2.09. The van der Waals surface area contributed by atoms with E-state index in [1.54, 1.807) is 18.4 Å². The third kappa shape index (κ3) is 4.92. The fraction of sp³-hybridized carbons (Fsp3) is 0.238. The van der Waals surface area contributed by atoms with Gasteiger partial charge in [0.15, 0.2) is 0 Å². The first-order chi connectivity index (χ1) is 12.6. The van der Waals surface area contributed by atoms with E-state index in [4.69, 9.17) is 4.74 Å². The predicted molar refractivity (Wildman–Crippen MR) is 106 cm³/mol. The summed E-state index contributed by atoms with van der Waals surface area (Å²) in [5, 5.41) is 5.87. The molecular weight excluding hydrogens is 344 g/mol. The highest BCUT2D eigenvalue weighted by molar-refractivity contribution is 7.13. The summed E-state index contributed by atoms with van der Waals surface area (Å²) in [7, 11) is 1.65. The monoisotopic (exact) mass is 366 g/mol. The molecule has 5 heteroatoms. The van der Waals surface area contributed by atoms with Gasteiger partial charge in [-0.3, -0.25) is 4.79 Å². The van der Waals surface area contributed by atoms with Crippen LogP contribution in [0, 0.1) is 6.92 Å². The lowest BCUT2D eigenvalue weighted by molar-refractivity contribution is -0.120. The zero-order valence-corrected chi connectivity index (χ0v) is 15.8. The van der Waals surface area contributed by atoms with Crippen molar-refractivity contribution in [3.05, 3.63) is 70.7 Å². The summed E-state index contributed by atoms with van der Waals surface area (Å²) in [6.07, 6.45) is 1.10. The molecule has 3 aromatic rings. The van der Waals surface area contributed by atoms with E-state index in [0.717, 1.165) is 28.4 Å². The van der Waals surface area contributed by atoms with Crippen LogP contribution in [-0.2, 0) is 17.6 Å². The quantitative estimate of drug-likeness (QED) is 0.687. The smallest absolute Gasteiger partial charge is 0.226 e. The molecule has 0 fully saturated rings. The molecule has 0 aliphatic heterocycles. The number of ether oxygens (including phenoxy) is 1. The molecule has 1 N–H and O–H groups in total. The van der Waals surface area contributed by atoms with Crippen LogP contribution in [0.3, 0.4) is 0 Å². The van der Waals surface area contributed by atoms with E-state index in [-0.39, 0.29) is 5.91 Å². The summed E-state index contributed by atoms with van der Waals surface area (Å²) in [4.78, 5) is 16.7. The molecule has 134 valence electrons. The van der Waals surface area contributed by atoms with Crippen LogP contribution in [0.1, 0.15) is 16.8 Å². The molecule has 26 heavy (non-hydrogen) atoms. The summed E-state index contributed by atoms with van der Waals surface area (Å²) in [5.41, 5.74) is 4.28. The van der Waals surface area contributed by atoms with E-state index in [1.807, 2.05) is 41.8 Å². The fourth-order valence-corrected chi connectivity index (χ4v) is 3.48. The van der Waals surface area contributed by atoms with Gasteiger partial charge in [0.1, 0.15) is 10.8 Å². The number of carbonyl (C=O) groups excluding carboxylic acids is 1. The van der Waals surface area contributed by atoms with E-state index in [0.29, 0.717) is 13.0 Å². The largest absolute Gasteiger partial charge is 0.497 e. The number of benzene rings is 2. The molecular formula is C21H22N2O2S. The minimum absolute atomic E-state index is 0.000367. The third-order valence-corrected chi connectivity index (χ3v) is 4.99. The number of methoxy groups -OCH3 is 1. The number of aryl methyl sites for hydroxylation is 1. The molecule has 0 spiro atoms. The Morgan fingerprint density at radius 3 is 2.73 bits per heavy atom. The van der Waals surface area contributed by atoms with Crippen LogP contribution in [0.4, 0.5) is 0 Å². The van der Waals surface area contributed by atoms with Gasteiger partial charge in [-0.05, 0) is 37.1 Å². The second kappa shape index (κ2) is 8.63. The zero-order valence-electron chi connectivity index (χ0n) is 15.0. The summed E-state index contributed by atoms with van der Waals surface area (Å²) >= 11 is 1.57. The van der Waals surface area contributed by atoms with Crippen LogP contribution in [0.5, 0.6) is 5.75 Å². The van der Waals surface area contributed by atoms with Gasteiger partial charge >= 0.3 is 0 Å². The Morgan fingerprint density at radius 1 is 1.19 bits per heavy atom. The number of rotatable bonds is 7. The average molecular weight is 366 g/mol. The molecule has 0 saturated carbocycles. The second-order valence-corrected chi connectivity index (χ2v) is 7.00. The maximum Gasteiger partial charge on any atom is 0.226 e. The van der Waals surface area contributed by atoms with E-state index in [1.165, 1.54) is 11.1 Å². The number of nitrogens with zero attached hydrogens (tertiary/aromatic N) is 1. The Bertz CT molecular complexity index is 872. The van der Waals surface area contributed by atoms with Gasteiger partial charge in [0.05, 0.1) is 19.2 Å². The number of thiazole rings is 1. The van der Waals surface area contributed by atoms with Crippen molar-refractivity contribution in [2.24, 2.45) is 0 Å². The molecule has 0 bridgehead atoms. The number of aromatic nitrogens is 1. The van der Waals surface area contributed by atoms with Gasteiger partial charge < -0.3 is 10.1 Å². The van der Waals surface area contributed by atoms with Crippen LogP contribution >= 0.6 is 11.3 Å². The highest BCUT2D eigenvalue weighted by atomic mass is 32.1. The van der Waals surface area contributed by atoms with Crippen molar-refractivity contribution in [2.75, 3.05) is 13.7 Å². The Labute approximate surface area is 157 Å². The van der Waals surface area contributed by atoms with E-state index >= 15 is 0 Å². The Hall–Kier alpha value is -2.66. The van der Waals surface area contributed by atoms with Gasteiger partial charge in [-0.25, -0.2) is 4.98 Å².